The summed E-state index contributed by atoms with van der Waals surface area (Å²) in [6, 6.07) is 8.03. The highest BCUT2D eigenvalue weighted by Crippen LogP contribution is 2.16. The largest absolute Gasteiger partial charge is 0.350 e. The lowest BCUT2D eigenvalue weighted by molar-refractivity contribution is -0.132. The SMILES string of the molecule is CC(C)CNC(=O)c1cc2n(n1)CCN(C(=O)Cc1ccccc1F)C2. The summed E-state index contributed by atoms with van der Waals surface area (Å²) in [7, 11) is 0. The molecular weight excluding hydrogens is 335 g/mol. The van der Waals surface area contributed by atoms with Crippen LogP contribution in [0.25, 0.3) is 0 Å². The molecule has 2 amide bonds. The Morgan fingerprint density at radius 1 is 1.27 bits per heavy atom. The van der Waals surface area contributed by atoms with Crippen molar-refractivity contribution in [2.45, 2.75) is 33.4 Å². The third kappa shape index (κ3) is 4.09. The Hall–Kier alpha value is -2.70. The van der Waals surface area contributed by atoms with E-state index in [9.17, 15) is 14.0 Å². The zero-order valence-electron chi connectivity index (χ0n) is 15.0. The first-order valence-corrected chi connectivity index (χ1v) is 8.80. The van der Waals surface area contributed by atoms with Gasteiger partial charge in [0.05, 0.1) is 25.2 Å². The monoisotopic (exact) mass is 358 g/mol. The van der Waals surface area contributed by atoms with Crippen molar-refractivity contribution in [3.63, 3.8) is 0 Å². The molecule has 1 aliphatic rings. The van der Waals surface area contributed by atoms with Crippen LogP contribution >= 0.6 is 0 Å². The van der Waals surface area contributed by atoms with Crippen LogP contribution in [0.4, 0.5) is 4.39 Å². The number of carbonyl (C=O) groups excluding carboxylic acids is 2. The lowest BCUT2D eigenvalue weighted by atomic mass is 10.1. The van der Waals surface area contributed by atoms with Crippen LogP contribution in [0.5, 0.6) is 0 Å². The van der Waals surface area contributed by atoms with Gasteiger partial charge >= 0.3 is 0 Å². The summed E-state index contributed by atoms with van der Waals surface area (Å²) in [5.41, 5.74) is 1.57. The van der Waals surface area contributed by atoms with Gasteiger partial charge in [-0.1, -0.05) is 32.0 Å². The molecule has 0 bridgehead atoms. The van der Waals surface area contributed by atoms with Crippen LogP contribution in [0, 0.1) is 11.7 Å². The number of halogens is 1. The van der Waals surface area contributed by atoms with Crippen LogP contribution in [0.1, 0.15) is 35.6 Å². The quantitative estimate of drug-likeness (QED) is 0.889. The van der Waals surface area contributed by atoms with E-state index < -0.39 is 0 Å². The van der Waals surface area contributed by atoms with Gasteiger partial charge in [0.1, 0.15) is 5.82 Å². The third-order valence-corrected chi connectivity index (χ3v) is 4.35. The van der Waals surface area contributed by atoms with Gasteiger partial charge < -0.3 is 10.2 Å². The number of amides is 2. The summed E-state index contributed by atoms with van der Waals surface area (Å²) >= 11 is 0. The fourth-order valence-corrected chi connectivity index (χ4v) is 2.89. The standard InChI is InChI=1S/C19H23FN4O2/c1-13(2)11-21-19(26)17-10-15-12-23(7-8-24(15)22-17)18(25)9-14-5-3-4-6-16(14)20/h3-6,10,13H,7-9,11-12H2,1-2H3,(H,21,26). The van der Waals surface area contributed by atoms with E-state index >= 15 is 0 Å². The van der Waals surface area contributed by atoms with Gasteiger partial charge in [0, 0.05) is 13.1 Å². The summed E-state index contributed by atoms with van der Waals surface area (Å²) in [6.07, 6.45) is 0.0303. The molecule has 1 N–H and O–H groups in total. The molecule has 138 valence electrons. The molecule has 0 aliphatic carbocycles. The lowest BCUT2D eigenvalue weighted by Gasteiger charge is -2.27. The molecule has 0 radical (unpaired) electrons. The van der Waals surface area contributed by atoms with Crippen LogP contribution < -0.4 is 5.32 Å². The minimum absolute atomic E-state index is 0.0303. The Morgan fingerprint density at radius 3 is 2.77 bits per heavy atom. The van der Waals surface area contributed by atoms with Crippen LogP contribution in [-0.2, 0) is 24.3 Å². The van der Waals surface area contributed by atoms with E-state index in [-0.39, 0.29) is 24.1 Å². The number of nitrogens with one attached hydrogen (secondary N) is 1. The zero-order valence-corrected chi connectivity index (χ0v) is 15.0. The van der Waals surface area contributed by atoms with E-state index in [2.05, 4.69) is 10.4 Å². The summed E-state index contributed by atoms with van der Waals surface area (Å²) in [4.78, 5) is 26.3. The molecule has 1 aromatic carbocycles. The van der Waals surface area contributed by atoms with Crippen LogP contribution in [-0.4, -0.2) is 39.6 Å². The molecule has 6 nitrogen and oxygen atoms in total. The summed E-state index contributed by atoms with van der Waals surface area (Å²) in [5, 5.41) is 7.17. The van der Waals surface area contributed by atoms with Crippen molar-refractivity contribution >= 4 is 11.8 Å². The van der Waals surface area contributed by atoms with E-state index in [1.54, 1.807) is 33.8 Å². The second kappa shape index (κ2) is 7.68. The Kier molecular flexibility index (Phi) is 5.35. The summed E-state index contributed by atoms with van der Waals surface area (Å²) in [5.74, 6) is -0.340. The highest BCUT2D eigenvalue weighted by atomic mass is 19.1. The van der Waals surface area contributed by atoms with Crippen LogP contribution in [0.2, 0.25) is 0 Å². The maximum Gasteiger partial charge on any atom is 0.271 e. The lowest BCUT2D eigenvalue weighted by Crippen LogP contribution is -2.39. The second-order valence-electron chi connectivity index (χ2n) is 6.93. The minimum Gasteiger partial charge on any atom is -0.350 e. The second-order valence-corrected chi connectivity index (χ2v) is 6.93. The Bertz CT molecular complexity index is 816. The molecule has 1 aliphatic heterocycles. The van der Waals surface area contributed by atoms with Gasteiger partial charge in [0.15, 0.2) is 5.69 Å². The molecular formula is C19H23FN4O2. The fourth-order valence-electron chi connectivity index (χ4n) is 2.89. The molecule has 7 heteroatoms. The molecule has 0 atom stereocenters. The van der Waals surface area contributed by atoms with E-state index in [1.165, 1.54) is 6.07 Å². The first-order chi connectivity index (χ1) is 12.4. The molecule has 2 heterocycles. The van der Waals surface area contributed by atoms with E-state index in [0.29, 0.717) is 43.4 Å². The molecule has 0 fully saturated rings. The number of carbonyl (C=O) groups is 2. The normalized spacial score (nSPS) is 13.6. The van der Waals surface area contributed by atoms with Crippen LogP contribution in [0.15, 0.2) is 30.3 Å². The van der Waals surface area contributed by atoms with Crippen molar-refractivity contribution in [3.05, 3.63) is 53.1 Å². The van der Waals surface area contributed by atoms with Gasteiger partial charge in [-0.2, -0.15) is 5.10 Å². The number of nitrogens with zero attached hydrogens (tertiary/aromatic N) is 3. The molecule has 26 heavy (non-hydrogen) atoms. The third-order valence-electron chi connectivity index (χ3n) is 4.35. The Balaban J connectivity index is 1.65. The average Bonchev–Trinajstić information content (AvgIpc) is 3.04. The number of aromatic nitrogens is 2. The maximum absolute atomic E-state index is 13.7. The highest BCUT2D eigenvalue weighted by Gasteiger charge is 2.24. The first-order valence-electron chi connectivity index (χ1n) is 8.80. The van der Waals surface area contributed by atoms with Gasteiger partial charge in [-0.15, -0.1) is 0 Å². The van der Waals surface area contributed by atoms with Gasteiger partial charge in [0.25, 0.3) is 5.91 Å². The number of fused-ring (bicyclic) bond motifs is 1. The molecule has 0 unspecified atom stereocenters. The molecule has 2 aromatic rings. The van der Waals surface area contributed by atoms with E-state index in [1.807, 2.05) is 13.8 Å². The van der Waals surface area contributed by atoms with Crippen molar-refractivity contribution in [1.82, 2.24) is 20.0 Å². The first kappa shape index (κ1) is 18.1. The summed E-state index contributed by atoms with van der Waals surface area (Å²) < 4.78 is 15.5. The van der Waals surface area contributed by atoms with E-state index in [4.69, 9.17) is 0 Å². The predicted octanol–water partition coefficient (Wildman–Crippen LogP) is 1.99. The van der Waals surface area contributed by atoms with Gasteiger partial charge in [-0.25, -0.2) is 4.39 Å². The zero-order chi connectivity index (χ0) is 18.7. The van der Waals surface area contributed by atoms with Crippen LogP contribution in [0.3, 0.4) is 0 Å². The fraction of sp³-hybridized carbons (Fsp3) is 0.421. The van der Waals surface area contributed by atoms with Crippen molar-refractivity contribution in [1.29, 1.82) is 0 Å². The molecule has 0 saturated heterocycles. The molecule has 0 spiro atoms. The Labute approximate surface area is 152 Å². The van der Waals surface area contributed by atoms with Gasteiger partial charge in [0.2, 0.25) is 5.91 Å². The van der Waals surface area contributed by atoms with E-state index in [0.717, 1.165) is 5.69 Å². The van der Waals surface area contributed by atoms with Gasteiger partial charge in [-0.3, -0.25) is 14.3 Å². The van der Waals surface area contributed by atoms with Crippen molar-refractivity contribution in [2.75, 3.05) is 13.1 Å². The molecule has 3 rings (SSSR count). The molecule has 1 aromatic heterocycles. The smallest absolute Gasteiger partial charge is 0.271 e. The van der Waals surface area contributed by atoms with Crippen molar-refractivity contribution in [2.24, 2.45) is 5.92 Å². The highest BCUT2D eigenvalue weighted by molar-refractivity contribution is 5.92. The topological polar surface area (TPSA) is 67.2 Å². The van der Waals surface area contributed by atoms with Crippen molar-refractivity contribution < 1.29 is 14.0 Å². The maximum atomic E-state index is 13.7. The Morgan fingerprint density at radius 2 is 2.04 bits per heavy atom. The number of rotatable bonds is 5. The molecule has 0 saturated carbocycles. The number of benzene rings is 1. The minimum atomic E-state index is -0.369. The predicted molar refractivity (Wildman–Crippen MR) is 94.9 cm³/mol. The van der Waals surface area contributed by atoms with Crippen molar-refractivity contribution in [3.8, 4) is 0 Å². The summed E-state index contributed by atoms with van der Waals surface area (Å²) in [6.45, 7) is 6.03. The van der Waals surface area contributed by atoms with Gasteiger partial charge in [-0.05, 0) is 23.6 Å². The number of hydrogen-bond acceptors (Lipinski definition) is 3. The average molecular weight is 358 g/mol. The number of hydrogen-bond donors (Lipinski definition) is 1.